The molecule has 0 aliphatic carbocycles. The fourth-order valence-corrected chi connectivity index (χ4v) is 2.26. The highest BCUT2D eigenvalue weighted by molar-refractivity contribution is 5.90. The molecule has 2 heterocycles. The van der Waals surface area contributed by atoms with Gasteiger partial charge in [0, 0.05) is 6.20 Å². The van der Waals surface area contributed by atoms with E-state index in [1.54, 1.807) is 42.6 Å². The molecule has 6 nitrogen and oxygen atoms in total. The number of rotatable bonds is 2. The quantitative estimate of drug-likeness (QED) is 0.738. The molecule has 3 aromatic rings. The fraction of sp³-hybridized carbons (Fsp3) is 0.235. The van der Waals surface area contributed by atoms with Gasteiger partial charge in [-0.05, 0) is 57.2 Å². The van der Waals surface area contributed by atoms with Crippen LogP contribution in [0.5, 0.6) is 0 Å². The third-order valence-corrected chi connectivity index (χ3v) is 3.20. The molecule has 0 amide bonds. The van der Waals surface area contributed by atoms with E-state index in [4.69, 9.17) is 4.74 Å². The Kier molecular flexibility index (Phi) is 3.52. The van der Waals surface area contributed by atoms with Gasteiger partial charge in [0.15, 0.2) is 5.65 Å². The van der Waals surface area contributed by atoms with Gasteiger partial charge in [-0.1, -0.05) is 0 Å². The Balaban J connectivity index is 1.97. The molecule has 0 spiro atoms. The molecule has 0 unspecified atom stereocenters. The lowest BCUT2D eigenvalue weighted by Crippen LogP contribution is -2.24. The molecule has 0 saturated carbocycles. The topological polar surface area (TPSA) is 77.0 Å². The molecule has 0 fully saturated rings. The van der Waals surface area contributed by atoms with Crippen molar-refractivity contribution in [2.45, 2.75) is 26.4 Å². The van der Waals surface area contributed by atoms with Crippen molar-refractivity contribution in [3.8, 4) is 5.69 Å². The zero-order valence-electron chi connectivity index (χ0n) is 13.2. The maximum absolute atomic E-state index is 12.1. The monoisotopic (exact) mass is 311 g/mol. The minimum Gasteiger partial charge on any atom is -0.456 e. The standard InChI is InChI=1S/C17H17N3O3/c1-17(2,3)23-15(21)11-6-8-12(9-7-11)20-14-13(19-16(20)22)5-4-10-18-14/h4-10H,1-3H3,(H,19,22). The summed E-state index contributed by atoms with van der Waals surface area (Å²) < 4.78 is 6.79. The average Bonchev–Trinajstić information content (AvgIpc) is 2.81. The number of fused-ring (bicyclic) bond motifs is 1. The van der Waals surface area contributed by atoms with Crippen LogP contribution in [-0.4, -0.2) is 26.1 Å². The minimum atomic E-state index is -0.548. The number of esters is 1. The van der Waals surface area contributed by atoms with E-state index in [-0.39, 0.29) is 5.69 Å². The van der Waals surface area contributed by atoms with Gasteiger partial charge in [-0.3, -0.25) is 0 Å². The molecule has 23 heavy (non-hydrogen) atoms. The molecular weight excluding hydrogens is 294 g/mol. The number of H-pyrrole nitrogens is 1. The van der Waals surface area contributed by atoms with E-state index in [0.29, 0.717) is 22.4 Å². The Hall–Kier alpha value is -2.89. The highest BCUT2D eigenvalue weighted by Gasteiger charge is 2.18. The van der Waals surface area contributed by atoms with Crippen LogP contribution in [0.3, 0.4) is 0 Å². The molecule has 0 aliphatic rings. The molecule has 0 saturated heterocycles. The number of imidazole rings is 1. The number of aromatic nitrogens is 3. The van der Waals surface area contributed by atoms with Gasteiger partial charge in [-0.2, -0.15) is 0 Å². The van der Waals surface area contributed by atoms with Crippen LogP contribution in [0.25, 0.3) is 16.9 Å². The van der Waals surface area contributed by atoms with Gasteiger partial charge in [-0.15, -0.1) is 0 Å². The molecule has 6 heteroatoms. The van der Waals surface area contributed by atoms with Crippen LogP contribution in [0.1, 0.15) is 31.1 Å². The van der Waals surface area contributed by atoms with E-state index in [1.807, 2.05) is 20.8 Å². The number of carbonyl (C=O) groups is 1. The zero-order chi connectivity index (χ0) is 16.6. The maximum Gasteiger partial charge on any atom is 0.338 e. The second-order valence-electron chi connectivity index (χ2n) is 6.19. The summed E-state index contributed by atoms with van der Waals surface area (Å²) in [5.74, 6) is -0.395. The molecule has 2 aromatic heterocycles. The Morgan fingerprint density at radius 2 is 1.87 bits per heavy atom. The Bertz CT molecular complexity index is 915. The summed E-state index contributed by atoms with van der Waals surface area (Å²) in [5, 5.41) is 0. The Morgan fingerprint density at radius 1 is 1.17 bits per heavy atom. The van der Waals surface area contributed by atoms with Crippen molar-refractivity contribution >= 4 is 17.1 Å². The number of nitrogens with zero attached hydrogens (tertiary/aromatic N) is 2. The predicted octanol–water partition coefficient (Wildman–Crippen LogP) is 2.67. The minimum absolute atomic E-state index is 0.274. The third kappa shape index (κ3) is 3.01. The largest absolute Gasteiger partial charge is 0.456 e. The van der Waals surface area contributed by atoms with Crippen molar-refractivity contribution in [1.29, 1.82) is 0 Å². The van der Waals surface area contributed by atoms with Crippen molar-refractivity contribution < 1.29 is 9.53 Å². The van der Waals surface area contributed by atoms with Gasteiger partial charge in [-0.25, -0.2) is 19.1 Å². The molecule has 0 atom stereocenters. The van der Waals surface area contributed by atoms with Crippen molar-refractivity contribution in [3.05, 3.63) is 58.6 Å². The Morgan fingerprint density at radius 3 is 2.52 bits per heavy atom. The maximum atomic E-state index is 12.1. The molecule has 1 aromatic carbocycles. The second kappa shape index (κ2) is 5.39. The lowest BCUT2D eigenvalue weighted by atomic mass is 10.1. The number of hydrogen-bond donors (Lipinski definition) is 1. The van der Waals surface area contributed by atoms with Crippen molar-refractivity contribution in [3.63, 3.8) is 0 Å². The number of nitrogens with one attached hydrogen (secondary N) is 1. The number of carbonyl (C=O) groups excluding carboxylic acids is 1. The average molecular weight is 311 g/mol. The summed E-state index contributed by atoms with van der Waals surface area (Å²) in [6.45, 7) is 5.45. The van der Waals surface area contributed by atoms with E-state index in [2.05, 4.69) is 9.97 Å². The zero-order valence-corrected chi connectivity index (χ0v) is 13.2. The first-order valence-electron chi connectivity index (χ1n) is 7.25. The molecule has 0 aliphatic heterocycles. The van der Waals surface area contributed by atoms with E-state index in [1.165, 1.54) is 4.57 Å². The lowest BCUT2D eigenvalue weighted by Gasteiger charge is -2.19. The first kappa shape index (κ1) is 15.0. The van der Waals surface area contributed by atoms with Gasteiger partial charge in [0.2, 0.25) is 0 Å². The summed E-state index contributed by atoms with van der Waals surface area (Å²) in [5.41, 5.74) is 1.45. The van der Waals surface area contributed by atoms with Crippen molar-refractivity contribution in [2.75, 3.05) is 0 Å². The molecule has 0 radical (unpaired) electrons. The van der Waals surface area contributed by atoms with E-state index in [9.17, 15) is 9.59 Å². The van der Waals surface area contributed by atoms with Crippen LogP contribution in [0.4, 0.5) is 0 Å². The van der Waals surface area contributed by atoms with Crippen LogP contribution in [-0.2, 0) is 4.74 Å². The number of aromatic amines is 1. The number of benzene rings is 1. The first-order chi connectivity index (χ1) is 10.8. The second-order valence-corrected chi connectivity index (χ2v) is 6.19. The fourth-order valence-electron chi connectivity index (χ4n) is 2.26. The lowest BCUT2D eigenvalue weighted by molar-refractivity contribution is 0.00696. The molecule has 1 N–H and O–H groups in total. The molecule has 118 valence electrons. The van der Waals surface area contributed by atoms with Gasteiger partial charge < -0.3 is 9.72 Å². The molecular formula is C17H17N3O3. The number of hydrogen-bond acceptors (Lipinski definition) is 4. The normalized spacial score (nSPS) is 11.6. The molecule has 0 bridgehead atoms. The highest BCUT2D eigenvalue weighted by atomic mass is 16.6. The van der Waals surface area contributed by atoms with Crippen LogP contribution >= 0.6 is 0 Å². The number of ether oxygens (including phenoxy) is 1. The van der Waals surface area contributed by atoms with Gasteiger partial charge in [0.05, 0.1) is 16.8 Å². The van der Waals surface area contributed by atoms with Crippen LogP contribution in [0, 0.1) is 0 Å². The van der Waals surface area contributed by atoms with E-state index in [0.717, 1.165) is 0 Å². The van der Waals surface area contributed by atoms with Crippen LogP contribution in [0.15, 0.2) is 47.4 Å². The summed E-state index contributed by atoms with van der Waals surface area (Å²) in [6, 6.07) is 10.2. The van der Waals surface area contributed by atoms with Gasteiger partial charge in [0.25, 0.3) is 0 Å². The van der Waals surface area contributed by atoms with E-state index < -0.39 is 11.6 Å². The van der Waals surface area contributed by atoms with Crippen molar-refractivity contribution in [2.24, 2.45) is 0 Å². The predicted molar refractivity (Wildman–Crippen MR) is 86.9 cm³/mol. The van der Waals surface area contributed by atoms with Crippen LogP contribution < -0.4 is 5.69 Å². The smallest absolute Gasteiger partial charge is 0.338 e. The van der Waals surface area contributed by atoms with E-state index >= 15 is 0 Å². The summed E-state index contributed by atoms with van der Waals surface area (Å²) >= 11 is 0. The number of pyridine rings is 1. The third-order valence-electron chi connectivity index (χ3n) is 3.20. The SMILES string of the molecule is CC(C)(C)OC(=O)c1ccc(-n2c(=O)[nH]c3cccnc32)cc1. The Labute approximate surface area is 132 Å². The molecule has 3 rings (SSSR count). The summed E-state index contributed by atoms with van der Waals surface area (Å²) in [4.78, 5) is 31.1. The summed E-state index contributed by atoms with van der Waals surface area (Å²) in [7, 11) is 0. The van der Waals surface area contributed by atoms with Gasteiger partial charge in [0.1, 0.15) is 5.60 Å². The highest BCUT2D eigenvalue weighted by Crippen LogP contribution is 2.16. The van der Waals surface area contributed by atoms with Gasteiger partial charge >= 0.3 is 11.7 Å². The van der Waals surface area contributed by atoms with Crippen LogP contribution in [0.2, 0.25) is 0 Å². The summed E-state index contributed by atoms with van der Waals surface area (Å²) in [6.07, 6.45) is 1.63. The van der Waals surface area contributed by atoms with Crippen molar-refractivity contribution in [1.82, 2.24) is 14.5 Å². The first-order valence-corrected chi connectivity index (χ1v) is 7.25.